The second-order valence-corrected chi connectivity index (χ2v) is 6.73. The molecule has 0 spiro atoms. The number of aliphatic hydroxyl groups is 1. The van der Waals surface area contributed by atoms with Crippen molar-refractivity contribution in [1.82, 2.24) is 0 Å². The highest BCUT2D eigenvalue weighted by Gasteiger charge is 2.22. The van der Waals surface area contributed by atoms with Crippen LogP contribution >= 0.6 is 0 Å². The summed E-state index contributed by atoms with van der Waals surface area (Å²) >= 11 is 0. The molecule has 7 nitrogen and oxygen atoms in total. The fraction of sp³-hybridized carbons (Fsp3) is 0.167. The van der Waals surface area contributed by atoms with Gasteiger partial charge in [-0.2, -0.15) is 0 Å². The minimum absolute atomic E-state index is 0.0554. The lowest BCUT2D eigenvalue weighted by Gasteiger charge is -2.18. The lowest BCUT2D eigenvalue weighted by atomic mass is 9.96. The Morgan fingerprint density at radius 3 is 2.16 bits per heavy atom. The van der Waals surface area contributed by atoms with Crippen molar-refractivity contribution in [2.75, 3.05) is 20.8 Å². The lowest BCUT2D eigenvalue weighted by molar-refractivity contribution is 0.142. The molecule has 1 unspecified atom stereocenters. The highest BCUT2D eigenvalue weighted by molar-refractivity contribution is 5.88. The highest BCUT2D eigenvalue weighted by atomic mass is 16.5. The van der Waals surface area contributed by atoms with E-state index >= 15 is 0 Å². The predicted molar refractivity (Wildman–Crippen MR) is 117 cm³/mol. The molecule has 0 amide bonds. The topological polar surface area (TPSA) is 109 Å². The molecule has 0 aliphatic carbocycles. The maximum atomic E-state index is 11.0. The third-order valence-corrected chi connectivity index (χ3v) is 4.75. The van der Waals surface area contributed by atoms with Crippen molar-refractivity contribution in [3.8, 4) is 56.8 Å². The Hall–Kier alpha value is -3.84. The molecule has 1 atom stereocenters. The Morgan fingerprint density at radius 2 is 1.58 bits per heavy atom. The monoisotopic (exact) mass is 424 g/mol. The van der Waals surface area contributed by atoms with Gasteiger partial charge in [0.05, 0.1) is 19.8 Å². The van der Waals surface area contributed by atoms with Crippen molar-refractivity contribution < 1.29 is 34.6 Å². The molecular formula is C24H24O7. The molecule has 31 heavy (non-hydrogen) atoms. The molecule has 3 aromatic rings. The van der Waals surface area contributed by atoms with Gasteiger partial charge in [-0.15, -0.1) is 6.58 Å². The van der Waals surface area contributed by atoms with Crippen LogP contribution in [0.4, 0.5) is 0 Å². The number of hydrogen-bond acceptors (Lipinski definition) is 7. The number of methoxy groups -OCH3 is 2. The van der Waals surface area contributed by atoms with Gasteiger partial charge >= 0.3 is 0 Å². The average Bonchev–Trinajstić information content (AvgIpc) is 2.77. The van der Waals surface area contributed by atoms with Crippen LogP contribution in [0.15, 0.2) is 61.2 Å². The normalized spacial score (nSPS) is 11.6. The van der Waals surface area contributed by atoms with E-state index in [1.165, 1.54) is 44.6 Å². The van der Waals surface area contributed by atoms with Gasteiger partial charge in [-0.3, -0.25) is 0 Å². The van der Waals surface area contributed by atoms with Gasteiger partial charge in [0, 0.05) is 5.56 Å². The molecule has 0 aliphatic rings. The first-order valence-corrected chi connectivity index (χ1v) is 9.43. The van der Waals surface area contributed by atoms with Gasteiger partial charge in [0.25, 0.3) is 0 Å². The summed E-state index contributed by atoms with van der Waals surface area (Å²) in [6, 6.07) is 12.8. The molecule has 0 saturated carbocycles. The Morgan fingerprint density at radius 1 is 0.903 bits per heavy atom. The quantitative estimate of drug-likeness (QED) is 0.404. The summed E-state index contributed by atoms with van der Waals surface area (Å²) < 4.78 is 16.4. The van der Waals surface area contributed by atoms with E-state index in [4.69, 9.17) is 14.2 Å². The van der Waals surface area contributed by atoms with Crippen LogP contribution in [0.2, 0.25) is 0 Å². The number of aromatic hydroxyl groups is 3. The summed E-state index contributed by atoms with van der Waals surface area (Å²) in [6.45, 7) is 3.41. The number of benzene rings is 3. The summed E-state index contributed by atoms with van der Waals surface area (Å²) in [4.78, 5) is 0. The molecule has 7 heteroatoms. The van der Waals surface area contributed by atoms with Crippen LogP contribution in [-0.2, 0) is 0 Å². The SMILES string of the molecule is C=CC(O)COc1ccc(-c2c(OC)cc(-c3ccc(O)cc3)c(OC)c2O)cc1O. The molecule has 0 bridgehead atoms. The number of hydrogen-bond donors (Lipinski definition) is 4. The summed E-state index contributed by atoms with van der Waals surface area (Å²) in [6.07, 6.45) is 0.468. The number of phenols is 3. The predicted octanol–water partition coefficient (Wildman–Crippen LogP) is 4.08. The second kappa shape index (κ2) is 9.32. The second-order valence-electron chi connectivity index (χ2n) is 6.73. The summed E-state index contributed by atoms with van der Waals surface area (Å²) in [5, 5.41) is 40.5. The first-order chi connectivity index (χ1) is 14.9. The van der Waals surface area contributed by atoms with E-state index < -0.39 is 6.10 Å². The maximum Gasteiger partial charge on any atom is 0.170 e. The molecule has 162 valence electrons. The molecule has 0 fully saturated rings. The van der Waals surface area contributed by atoms with Crippen molar-refractivity contribution in [1.29, 1.82) is 0 Å². The van der Waals surface area contributed by atoms with Gasteiger partial charge in [-0.05, 0) is 41.5 Å². The van der Waals surface area contributed by atoms with Gasteiger partial charge in [0.2, 0.25) is 0 Å². The smallest absolute Gasteiger partial charge is 0.170 e. The highest BCUT2D eigenvalue weighted by Crippen LogP contribution is 2.50. The van der Waals surface area contributed by atoms with Gasteiger partial charge in [0.1, 0.15) is 24.2 Å². The van der Waals surface area contributed by atoms with E-state index in [0.717, 1.165) is 0 Å². The number of ether oxygens (including phenoxy) is 3. The molecule has 0 aromatic heterocycles. The van der Waals surface area contributed by atoms with Crippen molar-refractivity contribution in [2.45, 2.75) is 6.10 Å². The Labute approximate surface area is 180 Å². The zero-order valence-corrected chi connectivity index (χ0v) is 17.2. The zero-order chi connectivity index (χ0) is 22.5. The molecule has 3 aromatic carbocycles. The van der Waals surface area contributed by atoms with Crippen molar-refractivity contribution >= 4 is 0 Å². The van der Waals surface area contributed by atoms with E-state index in [0.29, 0.717) is 28.0 Å². The maximum absolute atomic E-state index is 11.0. The van der Waals surface area contributed by atoms with Crippen LogP contribution in [0.1, 0.15) is 0 Å². The third-order valence-electron chi connectivity index (χ3n) is 4.75. The van der Waals surface area contributed by atoms with Crippen LogP contribution in [0, 0.1) is 0 Å². The molecule has 0 radical (unpaired) electrons. The van der Waals surface area contributed by atoms with Crippen LogP contribution in [-0.4, -0.2) is 47.4 Å². The van der Waals surface area contributed by atoms with E-state index in [2.05, 4.69) is 6.58 Å². The molecule has 0 aliphatic heterocycles. The molecule has 0 heterocycles. The minimum Gasteiger partial charge on any atom is -0.508 e. The fourth-order valence-corrected chi connectivity index (χ4v) is 3.17. The van der Waals surface area contributed by atoms with E-state index in [1.54, 1.807) is 24.3 Å². The van der Waals surface area contributed by atoms with Gasteiger partial charge in [-0.25, -0.2) is 0 Å². The molecule has 3 rings (SSSR count). The van der Waals surface area contributed by atoms with E-state index in [-0.39, 0.29) is 35.4 Å². The van der Waals surface area contributed by atoms with Gasteiger partial charge in [0.15, 0.2) is 23.0 Å². The molecule has 4 N–H and O–H groups in total. The Bertz CT molecular complexity index is 1070. The lowest BCUT2D eigenvalue weighted by Crippen LogP contribution is -2.14. The largest absolute Gasteiger partial charge is 0.508 e. The van der Waals surface area contributed by atoms with Crippen LogP contribution in [0.5, 0.6) is 34.5 Å². The van der Waals surface area contributed by atoms with Gasteiger partial charge < -0.3 is 34.6 Å². The first-order valence-electron chi connectivity index (χ1n) is 9.43. The number of rotatable bonds is 8. The summed E-state index contributed by atoms with van der Waals surface area (Å²) in [5.41, 5.74) is 2.08. The minimum atomic E-state index is -0.861. The Kier molecular flexibility index (Phi) is 6.57. The van der Waals surface area contributed by atoms with Crippen molar-refractivity contribution in [2.24, 2.45) is 0 Å². The van der Waals surface area contributed by atoms with Crippen LogP contribution in [0.3, 0.4) is 0 Å². The number of aliphatic hydroxyl groups excluding tert-OH is 1. The van der Waals surface area contributed by atoms with E-state index in [1.807, 2.05) is 0 Å². The summed E-state index contributed by atoms with van der Waals surface area (Å²) in [7, 11) is 2.91. The molecule has 0 saturated heterocycles. The zero-order valence-electron chi connectivity index (χ0n) is 17.2. The summed E-state index contributed by atoms with van der Waals surface area (Å²) in [5.74, 6) is 0.536. The average molecular weight is 424 g/mol. The standard InChI is InChI=1S/C24H24O7/c1-4-16(25)13-31-20-10-7-15(11-19(20)27)22-21(29-2)12-18(24(30-3)23(22)28)14-5-8-17(26)9-6-14/h4-12,16,25-28H,1,13H2,2-3H3. The molecular weight excluding hydrogens is 400 g/mol. The van der Waals surface area contributed by atoms with E-state index in [9.17, 15) is 20.4 Å². The van der Waals surface area contributed by atoms with Crippen LogP contribution in [0.25, 0.3) is 22.3 Å². The van der Waals surface area contributed by atoms with Crippen LogP contribution < -0.4 is 14.2 Å². The van der Waals surface area contributed by atoms with Crippen molar-refractivity contribution in [3.63, 3.8) is 0 Å². The number of phenolic OH excluding ortho intramolecular Hbond substituents is 3. The van der Waals surface area contributed by atoms with Crippen molar-refractivity contribution in [3.05, 3.63) is 61.2 Å². The Balaban J connectivity index is 2.08. The van der Waals surface area contributed by atoms with Gasteiger partial charge in [-0.1, -0.05) is 24.3 Å². The third kappa shape index (κ3) is 4.51. The fourth-order valence-electron chi connectivity index (χ4n) is 3.17. The first kappa shape index (κ1) is 21.9.